The molecular weight excluding hydrogens is 210 g/mol. The molecule has 0 spiro atoms. The highest BCUT2D eigenvalue weighted by atomic mass is 16.3. The molecule has 100 valence electrons. The Morgan fingerprint density at radius 2 is 1.65 bits per heavy atom. The number of aliphatic hydroxyl groups excluding tert-OH is 1. The molecule has 2 unspecified atom stereocenters. The molecule has 0 aromatic carbocycles. The van der Waals surface area contributed by atoms with E-state index in [1.54, 1.807) is 0 Å². The molecule has 0 aromatic heterocycles. The fourth-order valence-electron chi connectivity index (χ4n) is 3.74. The van der Waals surface area contributed by atoms with Crippen molar-refractivity contribution in [3.05, 3.63) is 0 Å². The van der Waals surface area contributed by atoms with E-state index in [2.05, 4.69) is 4.90 Å². The smallest absolute Gasteiger partial charge is 0.0527 e. The molecule has 2 atom stereocenters. The van der Waals surface area contributed by atoms with Crippen LogP contribution in [-0.2, 0) is 0 Å². The topological polar surface area (TPSA) is 23.5 Å². The summed E-state index contributed by atoms with van der Waals surface area (Å²) in [6.45, 7) is 3.22. The maximum Gasteiger partial charge on any atom is 0.0527 e. The van der Waals surface area contributed by atoms with E-state index >= 15 is 0 Å². The van der Waals surface area contributed by atoms with Gasteiger partial charge in [0.25, 0.3) is 0 Å². The maximum absolute atomic E-state index is 9.65. The van der Waals surface area contributed by atoms with Crippen LogP contribution in [0.5, 0.6) is 0 Å². The standard InChI is InChI=1S/C15H29NO/c1-13(17)12-15-10-6-7-11-16(15)14-8-4-2-3-5-9-14/h13-15,17H,2-12H2,1H3. The molecule has 2 aliphatic rings. The van der Waals surface area contributed by atoms with Gasteiger partial charge in [-0.1, -0.05) is 32.1 Å². The maximum atomic E-state index is 9.65. The molecule has 1 saturated heterocycles. The first kappa shape index (κ1) is 13.4. The first-order chi connectivity index (χ1) is 8.27. The van der Waals surface area contributed by atoms with Crippen LogP contribution in [-0.4, -0.2) is 34.7 Å². The summed E-state index contributed by atoms with van der Waals surface area (Å²) < 4.78 is 0. The first-order valence-electron chi connectivity index (χ1n) is 7.71. The average molecular weight is 239 g/mol. The van der Waals surface area contributed by atoms with Gasteiger partial charge in [-0.25, -0.2) is 0 Å². The van der Waals surface area contributed by atoms with Crippen LogP contribution in [0, 0.1) is 0 Å². The minimum absolute atomic E-state index is 0.133. The SMILES string of the molecule is CC(O)CC1CCCCN1C1CCCCCC1. The Bertz CT molecular complexity index is 207. The number of rotatable bonds is 3. The molecule has 17 heavy (non-hydrogen) atoms. The van der Waals surface area contributed by atoms with Gasteiger partial charge in [0.15, 0.2) is 0 Å². The summed E-state index contributed by atoms with van der Waals surface area (Å²) in [6, 6.07) is 1.48. The van der Waals surface area contributed by atoms with Crippen molar-refractivity contribution in [3.8, 4) is 0 Å². The number of aliphatic hydroxyl groups is 1. The Kier molecular flexibility index (Phi) is 5.30. The zero-order chi connectivity index (χ0) is 12.1. The monoisotopic (exact) mass is 239 g/mol. The van der Waals surface area contributed by atoms with E-state index in [4.69, 9.17) is 0 Å². The lowest BCUT2D eigenvalue weighted by molar-refractivity contribution is 0.0491. The van der Waals surface area contributed by atoms with Gasteiger partial charge in [-0.05, 0) is 45.6 Å². The van der Waals surface area contributed by atoms with Gasteiger partial charge in [-0.3, -0.25) is 4.90 Å². The lowest BCUT2D eigenvalue weighted by atomic mass is 9.93. The van der Waals surface area contributed by atoms with Gasteiger partial charge in [0.1, 0.15) is 0 Å². The van der Waals surface area contributed by atoms with Crippen LogP contribution in [0.3, 0.4) is 0 Å². The van der Waals surface area contributed by atoms with Crippen molar-refractivity contribution in [2.24, 2.45) is 0 Å². The van der Waals surface area contributed by atoms with E-state index in [-0.39, 0.29) is 6.10 Å². The summed E-state index contributed by atoms with van der Waals surface area (Å²) in [6.07, 6.45) is 13.4. The van der Waals surface area contributed by atoms with Crippen molar-refractivity contribution in [3.63, 3.8) is 0 Å². The molecule has 1 aliphatic carbocycles. The predicted octanol–water partition coefficient (Wildman–Crippen LogP) is 3.33. The van der Waals surface area contributed by atoms with E-state index < -0.39 is 0 Å². The van der Waals surface area contributed by atoms with E-state index in [0.29, 0.717) is 6.04 Å². The highest BCUT2D eigenvalue weighted by Gasteiger charge is 2.29. The van der Waals surface area contributed by atoms with Gasteiger partial charge in [-0.2, -0.15) is 0 Å². The third kappa shape index (κ3) is 3.96. The zero-order valence-electron chi connectivity index (χ0n) is 11.4. The third-order valence-corrected chi connectivity index (χ3v) is 4.58. The Hall–Kier alpha value is -0.0800. The number of nitrogens with zero attached hydrogens (tertiary/aromatic N) is 1. The van der Waals surface area contributed by atoms with Gasteiger partial charge in [-0.15, -0.1) is 0 Å². The molecule has 0 aromatic rings. The van der Waals surface area contributed by atoms with Crippen LogP contribution >= 0.6 is 0 Å². The highest BCUT2D eigenvalue weighted by molar-refractivity contribution is 4.85. The van der Waals surface area contributed by atoms with Crippen molar-refractivity contribution < 1.29 is 5.11 Å². The van der Waals surface area contributed by atoms with Crippen molar-refractivity contribution >= 4 is 0 Å². The minimum atomic E-state index is -0.133. The quantitative estimate of drug-likeness (QED) is 0.764. The van der Waals surface area contributed by atoms with E-state index in [9.17, 15) is 5.11 Å². The van der Waals surface area contributed by atoms with E-state index in [1.807, 2.05) is 6.92 Å². The van der Waals surface area contributed by atoms with Crippen molar-refractivity contribution in [2.45, 2.75) is 89.3 Å². The molecule has 1 saturated carbocycles. The van der Waals surface area contributed by atoms with Gasteiger partial charge >= 0.3 is 0 Å². The average Bonchev–Trinajstić information content (AvgIpc) is 2.57. The molecule has 2 heteroatoms. The van der Waals surface area contributed by atoms with Crippen LogP contribution in [0.2, 0.25) is 0 Å². The summed E-state index contributed by atoms with van der Waals surface area (Å²) in [7, 11) is 0. The lowest BCUT2D eigenvalue weighted by Gasteiger charge is -2.41. The summed E-state index contributed by atoms with van der Waals surface area (Å²) in [5.74, 6) is 0. The summed E-state index contributed by atoms with van der Waals surface area (Å²) in [4.78, 5) is 2.75. The third-order valence-electron chi connectivity index (χ3n) is 4.58. The van der Waals surface area contributed by atoms with Crippen molar-refractivity contribution in [1.82, 2.24) is 4.90 Å². The van der Waals surface area contributed by atoms with Crippen molar-refractivity contribution in [2.75, 3.05) is 6.54 Å². The molecule has 2 nitrogen and oxygen atoms in total. The minimum Gasteiger partial charge on any atom is -0.393 e. The second-order valence-corrected chi connectivity index (χ2v) is 6.12. The number of likely N-dealkylation sites (tertiary alicyclic amines) is 1. The van der Waals surface area contributed by atoms with Gasteiger partial charge in [0.2, 0.25) is 0 Å². The Labute approximate surface area is 106 Å². The number of hydrogen-bond donors (Lipinski definition) is 1. The molecule has 0 radical (unpaired) electrons. The molecule has 1 aliphatic heterocycles. The molecule has 1 N–H and O–H groups in total. The first-order valence-corrected chi connectivity index (χ1v) is 7.71. The summed E-state index contributed by atoms with van der Waals surface area (Å²) in [5.41, 5.74) is 0. The highest BCUT2D eigenvalue weighted by Crippen LogP contribution is 2.29. The van der Waals surface area contributed by atoms with E-state index in [1.165, 1.54) is 64.3 Å². The normalized spacial score (nSPS) is 31.1. The molecule has 1 heterocycles. The second-order valence-electron chi connectivity index (χ2n) is 6.12. The molecule has 2 fully saturated rings. The summed E-state index contributed by atoms with van der Waals surface area (Å²) in [5, 5.41) is 9.65. The van der Waals surface area contributed by atoms with Gasteiger partial charge in [0, 0.05) is 12.1 Å². The van der Waals surface area contributed by atoms with Crippen LogP contribution in [0.1, 0.15) is 71.1 Å². The molecule has 0 bridgehead atoms. The van der Waals surface area contributed by atoms with E-state index in [0.717, 1.165) is 12.5 Å². The van der Waals surface area contributed by atoms with Gasteiger partial charge in [0.05, 0.1) is 6.10 Å². The van der Waals surface area contributed by atoms with Crippen LogP contribution in [0.15, 0.2) is 0 Å². The largest absolute Gasteiger partial charge is 0.393 e. The van der Waals surface area contributed by atoms with Crippen LogP contribution in [0.4, 0.5) is 0 Å². The van der Waals surface area contributed by atoms with Crippen molar-refractivity contribution in [1.29, 1.82) is 0 Å². The number of piperidine rings is 1. The lowest BCUT2D eigenvalue weighted by Crippen LogP contribution is -2.47. The molecule has 0 amide bonds. The Morgan fingerprint density at radius 1 is 1.00 bits per heavy atom. The second kappa shape index (κ2) is 6.75. The number of hydrogen-bond acceptors (Lipinski definition) is 2. The predicted molar refractivity (Wildman–Crippen MR) is 72.1 cm³/mol. The van der Waals surface area contributed by atoms with Gasteiger partial charge < -0.3 is 5.11 Å². The molecular formula is C15H29NO. The zero-order valence-corrected chi connectivity index (χ0v) is 11.4. The Balaban J connectivity index is 1.93. The van der Waals surface area contributed by atoms with Crippen LogP contribution < -0.4 is 0 Å². The fourth-order valence-corrected chi connectivity index (χ4v) is 3.74. The van der Waals surface area contributed by atoms with Crippen LogP contribution in [0.25, 0.3) is 0 Å². The summed E-state index contributed by atoms with van der Waals surface area (Å²) >= 11 is 0. The molecule has 2 rings (SSSR count). The fraction of sp³-hybridized carbons (Fsp3) is 1.00. The Morgan fingerprint density at radius 3 is 2.29 bits per heavy atom.